The smallest absolute Gasteiger partial charge is 0.164 e. The Morgan fingerprint density at radius 1 is 0.308 bits per heavy atom. The van der Waals surface area contributed by atoms with Gasteiger partial charge in [-0.05, 0) is 95.3 Å². The quantitative estimate of drug-likeness (QED) is 0.176. The van der Waals surface area contributed by atoms with E-state index in [9.17, 15) is 0 Å². The summed E-state index contributed by atoms with van der Waals surface area (Å²) in [5.41, 5.74) is 10.0. The number of hydrogen-bond donors (Lipinski definition) is 0. The molecule has 0 radical (unpaired) electrons. The van der Waals surface area contributed by atoms with Crippen molar-refractivity contribution in [1.29, 1.82) is 0 Å². The van der Waals surface area contributed by atoms with Crippen LogP contribution < -0.4 is 0 Å². The maximum atomic E-state index is 5.29. The van der Waals surface area contributed by atoms with E-state index >= 15 is 0 Å². The predicted molar refractivity (Wildman–Crippen MR) is 214 cm³/mol. The molecule has 10 aromatic rings. The van der Waals surface area contributed by atoms with Crippen molar-refractivity contribution >= 4 is 43.1 Å². The van der Waals surface area contributed by atoms with Crippen molar-refractivity contribution in [2.75, 3.05) is 0 Å². The van der Waals surface area contributed by atoms with Crippen molar-refractivity contribution in [3.8, 4) is 67.5 Å². The molecule has 1 aliphatic carbocycles. The Bertz CT molecular complexity index is 3080. The highest BCUT2D eigenvalue weighted by Gasteiger charge is 2.23. The van der Waals surface area contributed by atoms with Crippen LogP contribution in [-0.2, 0) is 0 Å². The van der Waals surface area contributed by atoms with Crippen LogP contribution in [0, 0.1) is 0 Å². The minimum Gasteiger partial charge on any atom is -0.264 e. The third-order valence-electron chi connectivity index (χ3n) is 10.5. The van der Waals surface area contributed by atoms with Gasteiger partial charge in [-0.3, -0.25) is 4.98 Å². The van der Waals surface area contributed by atoms with Gasteiger partial charge >= 0.3 is 0 Å². The molecule has 2 aromatic heterocycles. The zero-order chi connectivity index (χ0) is 34.2. The highest BCUT2D eigenvalue weighted by molar-refractivity contribution is 6.23. The van der Waals surface area contributed by atoms with E-state index < -0.39 is 0 Å². The molecular formula is C48H28N4. The Morgan fingerprint density at radius 2 is 0.923 bits per heavy atom. The van der Waals surface area contributed by atoms with Crippen molar-refractivity contribution in [2.45, 2.75) is 0 Å². The van der Waals surface area contributed by atoms with Crippen molar-refractivity contribution in [2.24, 2.45) is 0 Å². The maximum absolute atomic E-state index is 5.29. The van der Waals surface area contributed by atoms with Crippen molar-refractivity contribution in [3.05, 3.63) is 170 Å². The highest BCUT2D eigenvalue weighted by Crippen LogP contribution is 2.48. The number of rotatable bonds is 4. The van der Waals surface area contributed by atoms with Gasteiger partial charge in [-0.15, -0.1) is 0 Å². The van der Waals surface area contributed by atoms with E-state index in [0.717, 1.165) is 38.6 Å². The van der Waals surface area contributed by atoms with Gasteiger partial charge < -0.3 is 0 Å². The molecule has 0 atom stereocenters. The van der Waals surface area contributed by atoms with E-state index in [-0.39, 0.29) is 0 Å². The largest absolute Gasteiger partial charge is 0.264 e. The molecule has 4 heteroatoms. The Balaban J connectivity index is 1.16. The van der Waals surface area contributed by atoms with Crippen LogP contribution in [0.15, 0.2) is 170 Å². The first-order chi connectivity index (χ1) is 25.8. The molecule has 0 amide bonds. The lowest BCUT2D eigenvalue weighted by Crippen LogP contribution is -2.01. The number of nitrogens with zero attached hydrogens (tertiary/aromatic N) is 4. The van der Waals surface area contributed by atoms with E-state index in [4.69, 9.17) is 15.0 Å². The number of hydrogen-bond acceptors (Lipinski definition) is 4. The molecule has 8 aromatic carbocycles. The third kappa shape index (κ3) is 4.34. The van der Waals surface area contributed by atoms with Crippen molar-refractivity contribution < 1.29 is 0 Å². The number of aromatic nitrogens is 4. The summed E-state index contributed by atoms with van der Waals surface area (Å²) in [4.78, 5) is 20.2. The van der Waals surface area contributed by atoms with Crippen LogP contribution >= 0.6 is 0 Å². The molecule has 0 N–H and O–H groups in total. The van der Waals surface area contributed by atoms with Gasteiger partial charge in [0.15, 0.2) is 17.5 Å². The Kier molecular flexibility index (Phi) is 6.22. The second kappa shape index (κ2) is 11.2. The van der Waals surface area contributed by atoms with Crippen molar-refractivity contribution in [3.63, 3.8) is 0 Å². The molecule has 0 spiro atoms. The van der Waals surface area contributed by atoms with Crippen LogP contribution in [-0.4, -0.2) is 19.9 Å². The summed E-state index contributed by atoms with van der Waals surface area (Å²) in [5, 5.41) is 9.53. The van der Waals surface area contributed by atoms with Crippen LogP contribution in [0.4, 0.5) is 0 Å². The van der Waals surface area contributed by atoms with Crippen LogP contribution in [0.3, 0.4) is 0 Å². The minimum absolute atomic E-state index is 0.630. The van der Waals surface area contributed by atoms with Crippen molar-refractivity contribution in [1.82, 2.24) is 19.9 Å². The molecule has 2 heterocycles. The molecule has 1 aliphatic rings. The fourth-order valence-corrected chi connectivity index (χ4v) is 8.20. The fourth-order valence-electron chi connectivity index (χ4n) is 8.20. The molecule has 0 bridgehead atoms. The van der Waals surface area contributed by atoms with E-state index in [1.165, 1.54) is 54.6 Å². The highest BCUT2D eigenvalue weighted by atomic mass is 15.0. The first-order valence-corrected chi connectivity index (χ1v) is 17.5. The van der Waals surface area contributed by atoms with Gasteiger partial charge in [0.25, 0.3) is 0 Å². The lowest BCUT2D eigenvalue weighted by molar-refractivity contribution is 1.07. The average molecular weight is 661 g/mol. The van der Waals surface area contributed by atoms with Gasteiger partial charge in [0, 0.05) is 34.5 Å². The first kappa shape index (κ1) is 28.8. The van der Waals surface area contributed by atoms with Gasteiger partial charge in [0.05, 0.1) is 0 Å². The van der Waals surface area contributed by atoms with Crippen LogP contribution in [0.1, 0.15) is 0 Å². The van der Waals surface area contributed by atoms with E-state index in [0.29, 0.717) is 17.5 Å². The van der Waals surface area contributed by atoms with E-state index in [2.05, 4.69) is 145 Å². The molecule has 0 unspecified atom stereocenters. The van der Waals surface area contributed by atoms with Gasteiger partial charge in [-0.2, -0.15) is 0 Å². The van der Waals surface area contributed by atoms with Gasteiger partial charge in [0.1, 0.15) is 0 Å². The molecule has 52 heavy (non-hydrogen) atoms. The zero-order valence-electron chi connectivity index (χ0n) is 28.0. The van der Waals surface area contributed by atoms with Gasteiger partial charge in [-0.1, -0.05) is 133 Å². The summed E-state index contributed by atoms with van der Waals surface area (Å²) in [6.45, 7) is 0. The molecule has 11 rings (SSSR count). The monoisotopic (exact) mass is 660 g/mol. The number of fused-ring (bicyclic) bond motifs is 8. The van der Waals surface area contributed by atoms with E-state index in [1.807, 2.05) is 30.6 Å². The first-order valence-electron chi connectivity index (χ1n) is 17.5. The second-order valence-corrected chi connectivity index (χ2v) is 13.4. The summed E-state index contributed by atoms with van der Waals surface area (Å²) < 4.78 is 0. The molecular weight excluding hydrogens is 633 g/mol. The van der Waals surface area contributed by atoms with Crippen LogP contribution in [0.25, 0.3) is 111 Å². The average Bonchev–Trinajstić information content (AvgIpc) is 3.55. The lowest BCUT2D eigenvalue weighted by atomic mass is 9.90. The molecule has 0 saturated heterocycles. The normalized spacial score (nSPS) is 11.8. The lowest BCUT2D eigenvalue weighted by Gasteiger charge is -2.16. The molecule has 0 aliphatic heterocycles. The summed E-state index contributed by atoms with van der Waals surface area (Å²) in [5.74, 6) is 1.91. The zero-order valence-corrected chi connectivity index (χ0v) is 28.0. The third-order valence-corrected chi connectivity index (χ3v) is 10.5. The Labute approximate surface area is 299 Å². The predicted octanol–water partition coefficient (Wildman–Crippen LogP) is 12.2. The maximum Gasteiger partial charge on any atom is 0.164 e. The topological polar surface area (TPSA) is 51.6 Å². The SMILES string of the molecule is c1ccc(-c2nc(-c3cc4c5c(cccc5c3)-c3ccccc3-4)nc(-c3ccccc3-c3cc4ccc5ccccc5c4c4cnccc34)n2)cc1. The molecule has 0 fully saturated rings. The van der Waals surface area contributed by atoms with E-state index in [1.54, 1.807) is 0 Å². The summed E-state index contributed by atoms with van der Waals surface area (Å²) >= 11 is 0. The summed E-state index contributed by atoms with van der Waals surface area (Å²) in [6, 6.07) is 55.8. The van der Waals surface area contributed by atoms with Crippen LogP contribution in [0.5, 0.6) is 0 Å². The number of benzene rings is 8. The minimum atomic E-state index is 0.630. The second-order valence-electron chi connectivity index (χ2n) is 13.4. The Hall–Kier alpha value is -7.04. The van der Waals surface area contributed by atoms with Crippen LogP contribution in [0.2, 0.25) is 0 Å². The van der Waals surface area contributed by atoms with Gasteiger partial charge in [0.2, 0.25) is 0 Å². The van der Waals surface area contributed by atoms with Gasteiger partial charge in [-0.25, -0.2) is 15.0 Å². The molecule has 4 nitrogen and oxygen atoms in total. The molecule has 0 saturated carbocycles. The summed E-state index contributed by atoms with van der Waals surface area (Å²) in [7, 11) is 0. The fraction of sp³-hybridized carbons (Fsp3) is 0. The standard InChI is InChI=1S/C48H28N4/c1-2-12-30(13-3-1)46-50-47(33-25-31-14-10-20-39-35-16-6-7-17-36(35)42(27-33)45(31)39)52-48(51-46)40-19-9-8-18-37(40)41-26-32-22-21-29-11-4-5-15-34(29)44(32)43-28-49-24-23-38(41)43/h1-28H. The number of pyridine rings is 1. The molecule has 240 valence electrons. The summed E-state index contributed by atoms with van der Waals surface area (Å²) in [6.07, 6.45) is 3.88. The Morgan fingerprint density at radius 3 is 1.77 bits per heavy atom.